The molecule has 1 rings (SSSR count). The van der Waals surface area contributed by atoms with Crippen LogP contribution in [0.3, 0.4) is 0 Å². The van der Waals surface area contributed by atoms with Crippen molar-refractivity contribution in [2.75, 3.05) is 13.1 Å². The predicted octanol–water partition coefficient (Wildman–Crippen LogP) is 0.651. The van der Waals surface area contributed by atoms with Crippen molar-refractivity contribution >= 4 is 5.91 Å². The number of hydrogen-bond acceptors (Lipinski definition) is 3. The lowest BCUT2D eigenvalue weighted by molar-refractivity contribution is -0.122. The lowest BCUT2D eigenvalue weighted by atomic mass is 10.0. The van der Waals surface area contributed by atoms with E-state index in [-0.39, 0.29) is 12.5 Å². The highest BCUT2D eigenvalue weighted by atomic mass is 19.3. The van der Waals surface area contributed by atoms with Crippen LogP contribution in [0.15, 0.2) is 0 Å². The summed E-state index contributed by atoms with van der Waals surface area (Å²) in [4.78, 5) is 11.3. The second-order valence-corrected chi connectivity index (χ2v) is 4.39. The first-order valence-electron chi connectivity index (χ1n) is 6.06. The van der Waals surface area contributed by atoms with Gasteiger partial charge in [-0.25, -0.2) is 8.78 Å². The van der Waals surface area contributed by atoms with E-state index in [1.807, 2.05) is 0 Å². The molecule has 2 atom stereocenters. The first kappa shape index (κ1) is 14.3. The van der Waals surface area contributed by atoms with Crippen molar-refractivity contribution < 1.29 is 18.7 Å². The van der Waals surface area contributed by atoms with Gasteiger partial charge in [-0.2, -0.15) is 0 Å². The van der Waals surface area contributed by atoms with Crippen LogP contribution in [0.2, 0.25) is 0 Å². The summed E-state index contributed by atoms with van der Waals surface area (Å²) in [5, 5.41) is 14.4. The van der Waals surface area contributed by atoms with E-state index in [9.17, 15) is 13.6 Å². The lowest BCUT2D eigenvalue weighted by Gasteiger charge is -2.23. The highest BCUT2D eigenvalue weighted by Crippen LogP contribution is 2.11. The van der Waals surface area contributed by atoms with Crippen LogP contribution in [0, 0.1) is 0 Å². The van der Waals surface area contributed by atoms with E-state index in [4.69, 9.17) is 5.11 Å². The largest absolute Gasteiger partial charge is 0.385 e. The molecule has 6 heteroatoms. The Balaban J connectivity index is 2.08. The number of amides is 1. The third-order valence-corrected chi connectivity index (χ3v) is 2.93. The van der Waals surface area contributed by atoms with Gasteiger partial charge in [-0.3, -0.25) is 4.79 Å². The fraction of sp³-hybridized carbons (Fsp3) is 0.909. The molecule has 0 aromatic rings. The van der Waals surface area contributed by atoms with Gasteiger partial charge in [-0.1, -0.05) is 6.42 Å². The fourth-order valence-electron chi connectivity index (χ4n) is 1.87. The Kier molecular flexibility index (Phi) is 6.36. The molecule has 0 saturated carbocycles. The summed E-state index contributed by atoms with van der Waals surface area (Å²) in [7, 11) is 0. The van der Waals surface area contributed by atoms with Gasteiger partial charge < -0.3 is 15.7 Å². The van der Waals surface area contributed by atoms with E-state index in [1.54, 1.807) is 0 Å². The third-order valence-electron chi connectivity index (χ3n) is 2.93. The maximum atomic E-state index is 11.9. The second kappa shape index (κ2) is 7.55. The molecular formula is C11H20F2N2O2. The molecule has 0 aromatic carbocycles. The molecule has 0 aliphatic carbocycles. The van der Waals surface area contributed by atoms with Crippen LogP contribution in [0.4, 0.5) is 8.78 Å². The van der Waals surface area contributed by atoms with Crippen LogP contribution >= 0.6 is 0 Å². The van der Waals surface area contributed by atoms with Crippen LogP contribution in [0.25, 0.3) is 0 Å². The van der Waals surface area contributed by atoms with E-state index in [1.165, 1.54) is 12.8 Å². The third kappa shape index (κ3) is 5.93. The molecule has 3 N–H and O–H groups in total. The van der Waals surface area contributed by atoms with E-state index >= 15 is 0 Å². The van der Waals surface area contributed by atoms with Gasteiger partial charge in [0, 0.05) is 19.0 Å². The van der Waals surface area contributed by atoms with Crippen LogP contribution in [0.1, 0.15) is 32.1 Å². The molecule has 1 heterocycles. The summed E-state index contributed by atoms with van der Waals surface area (Å²) >= 11 is 0. The average Bonchev–Trinajstić information content (AvgIpc) is 2.34. The molecule has 1 aliphatic heterocycles. The van der Waals surface area contributed by atoms with Gasteiger partial charge in [0.1, 0.15) is 6.10 Å². The molecule has 1 aliphatic rings. The summed E-state index contributed by atoms with van der Waals surface area (Å²) in [6.45, 7) is 0.602. The van der Waals surface area contributed by atoms with E-state index in [0.717, 1.165) is 19.4 Å². The van der Waals surface area contributed by atoms with E-state index in [2.05, 4.69) is 10.6 Å². The Morgan fingerprint density at radius 2 is 2.24 bits per heavy atom. The predicted molar refractivity (Wildman–Crippen MR) is 59.9 cm³/mol. The second-order valence-electron chi connectivity index (χ2n) is 4.39. The Morgan fingerprint density at radius 3 is 2.82 bits per heavy atom. The number of hydrogen-bond donors (Lipinski definition) is 3. The number of alkyl halides is 2. The molecule has 0 bridgehead atoms. The van der Waals surface area contributed by atoms with Crippen molar-refractivity contribution in [3.8, 4) is 0 Å². The summed E-state index contributed by atoms with van der Waals surface area (Å²) in [5.74, 6) is -0.280. The molecule has 0 aromatic heterocycles. The minimum Gasteiger partial charge on any atom is -0.385 e. The number of carbonyl (C=O) groups is 1. The quantitative estimate of drug-likeness (QED) is 0.648. The first-order valence-corrected chi connectivity index (χ1v) is 6.06. The topological polar surface area (TPSA) is 61.4 Å². The fourth-order valence-corrected chi connectivity index (χ4v) is 1.87. The lowest BCUT2D eigenvalue weighted by Crippen LogP contribution is -2.38. The van der Waals surface area contributed by atoms with Crippen molar-refractivity contribution in [2.24, 2.45) is 0 Å². The van der Waals surface area contributed by atoms with Gasteiger partial charge in [0.05, 0.1) is 0 Å². The standard InChI is InChI=1S/C11H20F2N2O2/c12-11(13)9(16)7-15-10(17)5-4-8-3-1-2-6-14-8/h8-9,11,14,16H,1-7H2,(H,15,17). The molecular weight excluding hydrogens is 230 g/mol. The van der Waals surface area contributed by atoms with Gasteiger partial charge >= 0.3 is 0 Å². The number of piperidine rings is 1. The summed E-state index contributed by atoms with van der Waals surface area (Å²) in [5.41, 5.74) is 0. The van der Waals surface area contributed by atoms with Gasteiger partial charge in [-0.15, -0.1) is 0 Å². The molecule has 1 saturated heterocycles. The maximum Gasteiger partial charge on any atom is 0.265 e. The summed E-state index contributed by atoms with van der Waals surface area (Å²) in [6, 6.07) is 0.356. The van der Waals surface area contributed by atoms with Crippen molar-refractivity contribution in [2.45, 2.75) is 50.7 Å². The Labute approximate surface area is 99.8 Å². The summed E-state index contributed by atoms with van der Waals surface area (Å²) in [6.07, 6.45) is -0.147. The van der Waals surface area contributed by atoms with Crippen LogP contribution in [0.5, 0.6) is 0 Å². The Morgan fingerprint density at radius 1 is 1.47 bits per heavy atom. The van der Waals surface area contributed by atoms with E-state index in [0.29, 0.717) is 12.5 Å². The Bertz CT molecular complexity index is 234. The van der Waals surface area contributed by atoms with Gasteiger partial charge in [0.2, 0.25) is 5.91 Å². The van der Waals surface area contributed by atoms with Crippen molar-refractivity contribution in [1.82, 2.24) is 10.6 Å². The maximum absolute atomic E-state index is 11.9. The molecule has 17 heavy (non-hydrogen) atoms. The number of aliphatic hydroxyl groups is 1. The number of carbonyl (C=O) groups excluding carboxylic acids is 1. The van der Waals surface area contributed by atoms with Crippen molar-refractivity contribution in [1.29, 1.82) is 0 Å². The highest BCUT2D eigenvalue weighted by molar-refractivity contribution is 5.75. The molecule has 4 nitrogen and oxygen atoms in total. The van der Waals surface area contributed by atoms with Crippen LogP contribution in [-0.2, 0) is 4.79 Å². The molecule has 0 radical (unpaired) electrons. The number of aliphatic hydroxyl groups excluding tert-OH is 1. The van der Waals surface area contributed by atoms with Crippen molar-refractivity contribution in [3.05, 3.63) is 0 Å². The molecule has 100 valence electrons. The zero-order valence-corrected chi connectivity index (χ0v) is 9.79. The Hall–Kier alpha value is -0.750. The number of nitrogens with one attached hydrogen (secondary N) is 2. The zero-order valence-electron chi connectivity index (χ0n) is 9.79. The van der Waals surface area contributed by atoms with Gasteiger partial charge in [0.25, 0.3) is 6.43 Å². The first-order chi connectivity index (χ1) is 8.09. The van der Waals surface area contributed by atoms with Gasteiger partial charge in [-0.05, 0) is 25.8 Å². The van der Waals surface area contributed by atoms with Crippen LogP contribution in [-0.4, -0.2) is 42.7 Å². The smallest absolute Gasteiger partial charge is 0.265 e. The molecule has 1 amide bonds. The zero-order chi connectivity index (χ0) is 12.7. The average molecular weight is 250 g/mol. The molecule has 2 unspecified atom stereocenters. The van der Waals surface area contributed by atoms with Gasteiger partial charge in [0.15, 0.2) is 0 Å². The minimum atomic E-state index is -2.81. The summed E-state index contributed by atoms with van der Waals surface area (Å²) < 4.78 is 23.9. The number of halogens is 2. The van der Waals surface area contributed by atoms with Crippen molar-refractivity contribution in [3.63, 3.8) is 0 Å². The van der Waals surface area contributed by atoms with E-state index < -0.39 is 12.5 Å². The minimum absolute atomic E-state index is 0.280. The highest BCUT2D eigenvalue weighted by Gasteiger charge is 2.18. The number of rotatable bonds is 6. The normalized spacial score (nSPS) is 22.5. The monoisotopic (exact) mass is 250 g/mol. The molecule has 1 fully saturated rings. The van der Waals surface area contributed by atoms with Crippen LogP contribution < -0.4 is 10.6 Å². The SMILES string of the molecule is O=C(CCC1CCCCN1)NCC(O)C(F)F. The molecule has 0 spiro atoms.